The average molecular weight is 311 g/mol. The van der Waals surface area contributed by atoms with Gasteiger partial charge in [0.25, 0.3) is 0 Å². The molecule has 0 radical (unpaired) electrons. The number of benzene rings is 2. The number of hydrogen-bond donors (Lipinski definition) is 1. The van der Waals surface area contributed by atoms with E-state index in [1.54, 1.807) is 12.1 Å². The lowest BCUT2D eigenvalue weighted by molar-refractivity contribution is -0.137. The van der Waals surface area contributed by atoms with Crippen molar-refractivity contribution in [2.24, 2.45) is 0 Å². The van der Waals surface area contributed by atoms with Gasteiger partial charge < -0.3 is 4.98 Å². The highest BCUT2D eigenvalue weighted by molar-refractivity contribution is 6.30. The van der Waals surface area contributed by atoms with Gasteiger partial charge in [-0.15, -0.1) is 0 Å². The van der Waals surface area contributed by atoms with Crippen LogP contribution < -0.4 is 0 Å². The third kappa shape index (κ3) is 3.03. The van der Waals surface area contributed by atoms with Crippen molar-refractivity contribution in [3.63, 3.8) is 0 Å². The first-order valence-corrected chi connectivity index (χ1v) is 6.60. The van der Waals surface area contributed by atoms with E-state index in [0.717, 1.165) is 17.7 Å². The Morgan fingerprint density at radius 1 is 1.05 bits per heavy atom. The van der Waals surface area contributed by atoms with Gasteiger partial charge in [-0.1, -0.05) is 23.7 Å². The van der Waals surface area contributed by atoms with Crippen LogP contribution in [0.15, 0.2) is 42.5 Å². The molecule has 0 amide bonds. The van der Waals surface area contributed by atoms with Gasteiger partial charge in [0.15, 0.2) is 0 Å². The minimum Gasteiger partial charge on any atom is -0.342 e. The number of rotatable bonds is 2. The zero-order valence-corrected chi connectivity index (χ0v) is 11.5. The van der Waals surface area contributed by atoms with Crippen LogP contribution in [0.4, 0.5) is 13.2 Å². The minimum absolute atomic E-state index is 0.383. The molecular formula is C15H10ClF3N2. The Morgan fingerprint density at radius 3 is 2.43 bits per heavy atom. The lowest BCUT2D eigenvalue weighted by atomic mass is 10.1. The number of nitrogens with zero attached hydrogens (tertiary/aromatic N) is 1. The van der Waals surface area contributed by atoms with E-state index in [1.165, 1.54) is 6.07 Å². The fraction of sp³-hybridized carbons (Fsp3) is 0.133. The van der Waals surface area contributed by atoms with E-state index in [1.807, 2.05) is 12.1 Å². The third-order valence-corrected chi connectivity index (χ3v) is 3.40. The van der Waals surface area contributed by atoms with Crippen molar-refractivity contribution in [3.05, 3.63) is 64.4 Å². The van der Waals surface area contributed by atoms with Gasteiger partial charge in [0.05, 0.1) is 16.6 Å². The summed E-state index contributed by atoms with van der Waals surface area (Å²) in [7, 11) is 0. The van der Waals surface area contributed by atoms with E-state index >= 15 is 0 Å². The van der Waals surface area contributed by atoms with Gasteiger partial charge in [0.2, 0.25) is 0 Å². The van der Waals surface area contributed by atoms with E-state index in [-0.39, 0.29) is 0 Å². The number of aromatic nitrogens is 2. The van der Waals surface area contributed by atoms with E-state index < -0.39 is 11.7 Å². The smallest absolute Gasteiger partial charge is 0.342 e. The molecule has 0 spiro atoms. The summed E-state index contributed by atoms with van der Waals surface area (Å²) in [6.45, 7) is 0. The van der Waals surface area contributed by atoms with E-state index in [0.29, 0.717) is 28.3 Å². The van der Waals surface area contributed by atoms with Crippen molar-refractivity contribution in [1.82, 2.24) is 9.97 Å². The molecule has 3 rings (SSSR count). The van der Waals surface area contributed by atoms with Crippen LogP contribution in [-0.2, 0) is 12.6 Å². The normalized spacial score (nSPS) is 12.0. The second-order valence-corrected chi connectivity index (χ2v) is 5.15. The highest BCUT2D eigenvalue weighted by Gasteiger charge is 2.30. The van der Waals surface area contributed by atoms with Gasteiger partial charge in [-0.3, -0.25) is 0 Å². The zero-order valence-electron chi connectivity index (χ0n) is 10.7. The van der Waals surface area contributed by atoms with Gasteiger partial charge in [-0.25, -0.2) is 4.98 Å². The quantitative estimate of drug-likeness (QED) is 0.722. The van der Waals surface area contributed by atoms with Crippen LogP contribution >= 0.6 is 11.6 Å². The Hall–Kier alpha value is -2.01. The Kier molecular flexibility index (Phi) is 3.37. The van der Waals surface area contributed by atoms with Crippen LogP contribution in [0.3, 0.4) is 0 Å². The summed E-state index contributed by atoms with van der Waals surface area (Å²) in [5.74, 6) is 0.617. The van der Waals surface area contributed by atoms with Crippen LogP contribution in [0.2, 0.25) is 5.02 Å². The molecule has 0 saturated heterocycles. The predicted molar refractivity (Wildman–Crippen MR) is 75.4 cm³/mol. The number of alkyl halides is 3. The molecule has 0 aliphatic carbocycles. The van der Waals surface area contributed by atoms with Crippen molar-refractivity contribution >= 4 is 22.6 Å². The van der Waals surface area contributed by atoms with Crippen molar-refractivity contribution in [2.45, 2.75) is 12.6 Å². The van der Waals surface area contributed by atoms with Crippen LogP contribution in [0.1, 0.15) is 17.0 Å². The maximum Gasteiger partial charge on any atom is 0.416 e. The number of hydrogen-bond acceptors (Lipinski definition) is 1. The molecule has 0 bridgehead atoms. The Bertz CT molecular complexity index is 776. The molecule has 108 valence electrons. The van der Waals surface area contributed by atoms with E-state index in [4.69, 9.17) is 11.6 Å². The summed E-state index contributed by atoms with van der Waals surface area (Å²) in [5, 5.41) is 0.637. The van der Waals surface area contributed by atoms with Crippen molar-refractivity contribution in [1.29, 1.82) is 0 Å². The van der Waals surface area contributed by atoms with Crippen LogP contribution in [0.25, 0.3) is 11.0 Å². The molecule has 1 aromatic heterocycles. The first-order chi connectivity index (χ1) is 9.91. The molecule has 0 saturated carbocycles. The third-order valence-electron chi connectivity index (χ3n) is 3.14. The molecule has 0 aliphatic rings. The molecule has 21 heavy (non-hydrogen) atoms. The summed E-state index contributed by atoms with van der Waals surface area (Å²) in [6.07, 6.45) is -3.84. The van der Waals surface area contributed by atoms with Gasteiger partial charge in [0.1, 0.15) is 5.82 Å². The van der Waals surface area contributed by atoms with Crippen LogP contribution in [-0.4, -0.2) is 9.97 Å². The Labute approximate surface area is 123 Å². The monoisotopic (exact) mass is 310 g/mol. The van der Waals surface area contributed by atoms with E-state index in [9.17, 15) is 13.2 Å². The molecule has 2 aromatic carbocycles. The van der Waals surface area contributed by atoms with Crippen molar-refractivity contribution < 1.29 is 13.2 Å². The highest BCUT2D eigenvalue weighted by atomic mass is 35.5. The summed E-state index contributed by atoms with van der Waals surface area (Å²) in [4.78, 5) is 7.22. The SMILES string of the molecule is FC(F)(F)c1ccc2nc(Cc3ccc(Cl)cc3)[nH]c2c1. The number of fused-ring (bicyclic) bond motifs is 1. The second-order valence-electron chi connectivity index (χ2n) is 4.72. The Balaban J connectivity index is 1.92. The number of imidazole rings is 1. The van der Waals surface area contributed by atoms with Crippen molar-refractivity contribution in [2.75, 3.05) is 0 Å². The zero-order chi connectivity index (χ0) is 15.0. The summed E-state index contributed by atoms with van der Waals surface area (Å²) < 4.78 is 38.0. The maximum atomic E-state index is 12.7. The topological polar surface area (TPSA) is 28.7 Å². The lowest BCUT2D eigenvalue weighted by Crippen LogP contribution is -2.04. The number of aromatic amines is 1. The summed E-state index contributed by atoms with van der Waals surface area (Å²) in [5.41, 5.74) is 1.20. The summed E-state index contributed by atoms with van der Waals surface area (Å²) in [6, 6.07) is 10.7. The standard InChI is InChI=1S/C15H10ClF3N2/c16-11-4-1-9(2-5-11)7-14-20-12-6-3-10(15(17,18)19)8-13(12)21-14/h1-6,8H,7H2,(H,20,21). The fourth-order valence-corrected chi connectivity index (χ4v) is 2.24. The molecule has 1 heterocycles. The molecule has 6 heteroatoms. The minimum atomic E-state index is -4.35. The number of H-pyrrole nitrogens is 1. The molecule has 1 N–H and O–H groups in total. The average Bonchev–Trinajstić information content (AvgIpc) is 2.81. The fourth-order valence-electron chi connectivity index (χ4n) is 2.12. The number of nitrogens with one attached hydrogen (secondary N) is 1. The van der Waals surface area contributed by atoms with Gasteiger partial charge in [-0.05, 0) is 35.9 Å². The molecular weight excluding hydrogens is 301 g/mol. The summed E-state index contributed by atoms with van der Waals surface area (Å²) >= 11 is 5.81. The second kappa shape index (κ2) is 5.07. The lowest BCUT2D eigenvalue weighted by Gasteiger charge is -2.05. The molecule has 0 unspecified atom stereocenters. The molecule has 0 fully saturated rings. The first kappa shape index (κ1) is 13.9. The maximum absolute atomic E-state index is 12.7. The molecule has 3 aromatic rings. The van der Waals surface area contributed by atoms with E-state index in [2.05, 4.69) is 9.97 Å². The van der Waals surface area contributed by atoms with Gasteiger partial charge in [-0.2, -0.15) is 13.2 Å². The number of halogens is 4. The van der Waals surface area contributed by atoms with Gasteiger partial charge in [0, 0.05) is 11.4 Å². The van der Waals surface area contributed by atoms with Crippen LogP contribution in [0.5, 0.6) is 0 Å². The van der Waals surface area contributed by atoms with Gasteiger partial charge >= 0.3 is 6.18 Å². The first-order valence-electron chi connectivity index (χ1n) is 6.22. The predicted octanol–water partition coefficient (Wildman–Crippen LogP) is 4.83. The Morgan fingerprint density at radius 2 is 1.76 bits per heavy atom. The molecule has 0 atom stereocenters. The van der Waals surface area contributed by atoms with Crippen LogP contribution in [0, 0.1) is 0 Å². The molecule has 2 nitrogen and oxygen atoms in total. The largest absolute Gasteiger partial charge is 0.416 e. The highest BCUT2D eigenvalue weighted by Crippen LogP contribution is 2.31. The van der Waals surface area contributed by atoms with Crippen molar-refractivity contribution in [3.8, 4) is 0 Å². The molecule has 0 aliphatic heterocycles.